The van der Waals surface area contributed by atoms with Gasteiger partial charge >= 0.3 is 0 Å². The minimum absolute atomic E-state index is 0.261. The third-order valence-corrected chi connectivity index (χ3v) is 5.51. The first-order valence-electron chi connectivity index (χ1n) is 6.26. The van der Waals surface area contributed by atoms with E-state index in [0.29, 0.717) is 21.3 Å². The van der Waals surface area contributed by atoms with Gasteiger partial charge < -0.3 is 0 Å². The molecule has 0 heterocycles. The Morgan fingerprint density at radius 2 is 1.48 bits per heavy atom. The molecule has 1 N–H and O–H groups in total. The van der Waals surface area contributed by atoms with Crippen molar-refractivity contribution in [3.8, 4) is 0 Å². The molecular formula is C15H15Cl2NO2S. The van der Waals surface area contributed by atoms with Crippen LogP contribution in [0.4, 0.5) is 5.69 Å². The van der Waals surface area contributed by atoms with Crippen LogP contribution < -0.4 is 4.72 Å². The summed E-state index contributed by atoms with van der Waals surface area (Å²) in [6.45, 7) is 5.61. The van der Waals surface area contributed by atoms with E-state index in [4.69, 9.17) is 23.2 Å². The number of hydrogen-bond acceptors (Lipinski definition) is 2. The van der Waals surface area contributed by atoms with Gasteiger partial charge in [-0.25, -0.2) is 8.42 Å². The highest BCUT2D eigenvalue weighted by Gasteiger charge is 2.18. The molecule has 0 bridgehead atoms. The molecule has 0 amide bonds. The molecule has 0 fully saturated rings. The molecule has 2 rings (SSSR count). The van der Waals surface area contributed by atoms with Crippen molar-refractivity contribution in [2.24, 2.45) is 0 Å². The van der Waals surface area contributed by atoms with E-state index in [2.05, 4.69) is 4.72 Å². The summed E-state index contributed by atoms with van der Waals surface area (Å²) in [6.07, 6.45) is 0. The molecular weight excluding hydrogens is 329 g/mol. The van der Waals surface area contributed by atoms with Crippen LogP contribution in [0.2, 0.25) is 10.0 Å². The zero-order valence-electron chi connectivity index (χ0n) is 11.9. The number of sulfonamides is 1. The molecule has 0 aliphatic rings. The Hall–Kier alpha value is -1.23. The van der Waals surface area contributed by atoms with Crippen LogP contribution in [0.25, 0.3) is 0 Å². The number of hydrogen-bond donors (Lipinski definition) is 1. The maximum atomic E-state index is 12.5. The van der Waals surface area contributed by atoms with Crippen LogP contribution in [0.5, 0.6) is 0 Å². The van der Waals surface area contributed by atoms with Gasteiger partial charge in [0.25, 0.3) is 10.0 Å². The summed E-state index contributed by atoms with van der Waals surface area (Å²) >= 11 is 11.7. The second kappa shape index (κ2) is 5.87. The lowest BCUT2D eigenvalue weighted by Crippen LogP contribution is -2.14. The van der Waals surface area contributed by atoms with Crippen molar-refractivity contribution in [1.82, 2.24) is 0 Å². The van der Waals surface area contributed by atoms with Crippen molar-refractivity contribution in [3.63, 3.8) is 0 Å². The molecule has 0 aliphatic heterocycles. The Labute approximate surface area is 135 Å². The summed E-state index contributed by atoms with van der Waals surface area (Å²) in [5.41, 5.74) is 3.06. The molecule has 0 aliphatic carbocycles. The quantitative estimate of drug-likeness (QED) is 0.876. The van der Waals surface area contributed by atoms with Crippen LogP contribution in [0.15, 0.2) is 35.2 Å². The van der Waals surface area contributed by atoms with E-state index in [9.17, 15) is 8.42 Å². The molecule has 2 aromatic rings. The van der Waals surface area contributed by atoms with Gasteiger partial charge in [0.05, 0.1) is 20.6 Å². The molecule has 112 valence electrons. The maximum absolute atomic E-state index is 12.5. The molecule has 3 nitrogen and oxygen atoms in total. The summed E-state index contributed by atoms with van der Waals surface area (Å²) in [6, 6.07) is 8.14. The highest BCUT2D eigenvalue weighted by molar-refractivity contribution is 7.92. The fraction of sp³-hybridized carbons (Fsp3) is 0.200. The van der Waals surface area contributed by atoms with Gasteiger partial charge in [-0.1, -0.05) is 29.3 Å². The van der Waals surface area contributed by atoms with Gasteiger partial charge in [-0.3, -0.25) is 4.72 Å². The fourth-order valence-corrected chi connectivity index (χ4v) is 3.65. The van der Waals surface area contributed by atoms with Crippen LogP contribution in [0.3, 0.4) is 0 Å². The zero-order valence-corrected chi connectivity index (χ0v) is 14.2. The van der Waals surface area contributed by atoms with E-state index in [1.165, 1.54) is 6.07 Å². The Kier molecular flexibility index (Phi) is 4.51. The molecule has 0 aromatic heterocycles. The molecule has 21 heavy (non-hydrogen) atoms. The monoisotopic (exact) mass is 343 g/mol. The second-order valence-corrected chi connectivity index (χ2v) is 7.40. The topological polar surface area (TPSA) is 46.2 Å². The Bertz CT molecular complexity index is 802. The van der Waals surface area contributed by atoms with E-state index >= 15 is 0 Å². The van der Waals surface area contributed by atoms with Gasteiger partial charge in [-0.15, -0.1) is 0 Å². The first-order valence-corrected chi connectivity index (χ1v) is 8.50. The van der Waals surface area contributed by atoms with E-state index in [0.717, 1.165) is 11.1 Å². The van der Waals surface area contributed by atoms with E-state index in [1.54, 1.807) is 25.1 Å². The first kappa shape index (κ1) is 16.1. The summed E-state index contributed by atoms with van der Waals surface area (Å²) in [4.78, 5) is 0.261. The van der Waals surface area contributed by atoms with Crippen LogP contribution in [0.1, 0.15) is 16.7 Å². The van der Waals surface area contributed by atoms with Gasteiger partial charge in [-0.2, -0.15) is 0 Å². The van der Waals surface area contributed by atoms with Crippen LogP contribution in [-0.4, -0.2) is 8.42 Å². The lowest BCUT2D eigenvalue weighted by Gasteiger charge is -2.13. The Morgan fingerprint density at radius 3 is 2.10 bits per heavy atom. The molecule has 0 radical (unpaired) electrons. The van der Waals surface area contributed by atoms with Crippen molar-refractivity contribution < 1.29 is 8.42 Å². The summed E-state index contributed by atoms with van der Waals surface area (Å²) in [5, 5.41) is 0.677. The van der Waals surface area contributed by atoms with Crippen molar-refractivity contribution in [2.75, 3.05) is 4.72 Å². The summed E-state index contributed by atoms with van der Waals surface area (Å²) in [7, 11) is -3.66. The van der Waals surface area contributed by atoms with Crippen molar-refractivity contribution in [3.05, 3.63) is 57.1 Å². The minimum atomic E-state index is -3.66. The van der Waals surface area contributed by atoms with E-state index in [1.807, 2.05) is 19.9 Å². The van der Waals surface area contributed by atoms with Crippen LogP contribution in [0, 0.1) is 20.8 Å². The first-order chi connectivity index (χ1) is 9.70. The molecule has 0 unspecified atom stereocenters. The molecule has 0 spiro atoms. The lowest BCUT2D eigenvalue weighted by molar-refractivity contribution is 0.600. The molecule has 0 atom stereocenters. The standard InChI is InChI=1S/C15H15Cl2NO2S/c1-9-6-11(3)15(7-10(9)2)21(19,20)18-12-4-5-13(16)14(17)8-12/h4-8,18H,1-3H3. The van der Waals surface area contributed by atoms with Crippen molar-refractivity contribution in [2.45, 2.75) is 25.7 Å². The van der Waals surface area contributed by atoms with Gasteiger partial charge in [0.15, 0.2) is 0 Å². The predicted octanol–water partition coefficient (Wildman–Crippen LogP) is 4.72. The second-order valence-electron chi connectivity index (χ2n) is 4.94. The van der Waals surface area contributed by atoms with Crippen LogP contribution in [-0.2, 0) is 10.0 Å². The summed E-state index contributed by atoms with van der Waals surface area (Å²) < 4.78 is 27.5. The van der Waals surface area contributed by atoms with Crippen molar-refractivity contribution in [1.29, 1.82) is 0 Å². The average molecular weight is 344 g/mol. The van der Waals surface area contributed by atoms with E-state index in [-0.39, 0.29) is 4.90 Å². The Balaban J connectivity index is 2.43. The van der Waals surface area contributed by atoms with Crippen LogP contribution >= 0.6 is 23.2 Å². The van der Waals surface area contributed by atoms with Gasteiger partial charge in [-0.05, 0) is 61.7 Å². The lowest BCUT2D eigenvalue weighted by atomic mass is 10.1. The summed E-state index contributed by atoms with van der Waals surface area (Å²) in [5.74, 6) is 0. The number of anilines is 1. The maximum Gasteiger partial charge on any atom is 0.262 e. The SMILES string of the molecule is Cc1cc(C)c(S(=O)(=O)Nc2ccc(Cl)c(Cl)c2)cc1C. The number of aryl methyl sites for hydroxylation is 3. The highest BCUT2D eigenvalue weighted by atomic mass is 35.5. The number of benzene rings is 2. The molecule has 2 aromatic carbocycles. The third-order valence-electron chi connectivity index (χ3n) is 3.25. The number of halogens is 2. The Morgan fingerprint density at radius 1 is 0.857 bits per heavy atom. The number of nitrogens with one attached hydrogen (secondary N) is 1. The molecule has 0 saturated heterocycles. The molecule has 6 heteroatoms. The molecule has 0 saturated carbocycles. The fourth-order valence-electron chi connectivity index (χ4n) is 1.99. The zero-order chi connectivity index (χ0) is 15.8. The van der Waals surface area contributed by atoms with Gasteiger partial charge in [0.1, 0.15) is 0 Å². The minimum Gasteiger partial charge on any atom is -0.280 e. The van der Waals surface area contributed by atoms with E-state index < -0.39 is 10.0 Å². The van der Waals surface area contributed by atoms with Gasteiger partial charge in [0, 0.05) is 0 Å². The largest absolute Gasteiger partial charge is 0.280 e. The third kappa shape index (κ3) is 3.51. The van der Waals surface area contributed by atoms with Gasteiger partial charge in [0.2, 0.25) is 0 Å². The predicted molar refractivity (Wildman–Crippen MR) is 87.9 cm³/mol. The normalized spacial score (nSPS) is 11.5. The van der Waals surface area contributed by atoms with Crippen molar-refractivity contribution >= 4 is 38.9 Å². The number of rotatable bonds is 3. The smallest absolute Gasteiger partial charge is 0.262 e. The highest BCUT2D eigenvalue weighted by Crippen LogP contribution is 2.27. The average Bonchev–Trinajstić information content (AvgIpc) is 2.37.